The number of nitrogens with two attached hydrogens (primary N) is 1. The number of carbonyl (C=O) groups excluding carboxylic acids is 1. The lowest BCUT2D eigenvalue weighted by molar-refractivity contribution is 0.0945. The third-order valence-corrected chi connectivity index (χ3v) is 4.10. The van der Waals surface area contributed by atoms with Crippen LogP contribution in [0.2, 0.25) is 0 Å². The molecule has 124 valence electrons. The van der Waals surface area contributed by atoms with Gasteiger partial charge in [0.15, 0.2) is 5.82 Å². The molecule has 3 aromatic rings. The molecule has 0 fully saturated rings. The molecule has 0 saturated heterocycles. The quantitative estimate of drug-likeness (QED) is 0.749. The van der Waals surface area contributed by atoms with Crippen molar-refractivity contribution in [3.63, 3.8) is 0 Å². The number of pyridine rings is 1. The second-order valence-corrected chi connectivity index (χ2v) is 5.73. The summed E-state index contributed by atoms with van der Waals surface area (Å²) in [6, 6.07) is 7.81. The molecule has 1 aliphatic heterocycles. The maximum atomic E-state index is 13.1. The first-order chi connectivity index (χ1) is 12.1. The van der Waals surface area contributed by atoms with Gasteiger partial charge in [-0.15, -0.1) is 0 Å². The Bertz CT molecular complexity index is 972. The van der Waals surface area contributed by atoms with Crippen molar-refractivity contribution in [3.8, 4) is 22.6 Å². The minimum Gasteiger partial charge on any atom is -0.382 e. The molecule has 0 saturated carbocycles. The molecule has 7 heteroatoms. The Balaban J connectivity index is 1.79. The van der Waals surface area contributed by atoms with Crippen LogP contribution in [0.1, 0.15) is 15.9 Å². The molecule has 1 amide bonds. The number of hydrogen-bond donors (Lipinski definition) is 2. The highest BCUT2D eigenvalue weighted by Crippen LogP contribution is 2.27. The first-order valence-electron chi connectivity index (χ1n) is 7.78. The van der Waals surface area contributed by atoms with Gasteiger partial charge in [-0.25, -0.2) is 14.4 Å². The van der Waals surface area contributed by atoms with E-state index in [0.717, 1.165) is 17.5 Å². The zero-order valence-electron chi connectivity index (χ0n) is 13.2. The Morgan fingerprint density at radius 2 is 1.88 bits per heavy atom. The normalized spacial score (nSPS) is 13.2. The first-order valence-corrected chi connectivity index (χ1v) is 7.78. The first kappa shape index (κ1) is 15.2. The van der Waals surface area contributed by atoms with Crippen molar-refractivity contribution in [3.05, 3.63) is 59.7 Å². The average Bonchev–Trinajstić information content (AvgIpc) is 2.63. The molecule has 6 nitrogen and oxygen atoms in total. The minimum absolute atomic E-state index is 0.126. The zero-order chi connectivity index (χ0) is 17.4. The number of benzene rings is 1. The summed E-state index contributed by atoms with van der Waals surface area (Å²) in [5, 5.41) is 2.78. The number of anilines is 1. The van der Waals surface area contributed by atoms with Crippen molar-refractivity contribution < 1.29 is 9.18 Å². The number of carbonyl (C=O) groups is 1. The predicted molar refractivity (Wildman–Crippen MR) is 91.1 cm³/mol. The van der Waals surface area contributed by atoms with Crippen molar-refractivity contribution in [2.24, 2.45) is 0 Å². The fraction of sp³-hybridized carbons (Fsp3) is 0.111. The number of aromatic nitrogens is 3. The Morgan fingerprint density at radius 3 is 2.68 bits per heavy atom. The lowest BCUT2D eigenvalue weighted by atomic mass is 10.0. The van der Waals surface area contributed by atoms with E-state index in [1.54, 1.807) is 12.1 Å². The van der Waals surface area contributed by atoms with Gasteiger partial charge in [0.1, 0.15) is 11.5 Å². The van der Waals surface area contributed by atoms with Crippen molar-refractivity contribution in [2.75, 3.05) is 12.3 Å². The third kappa shape index (κ3) is 2.80. The molecule has 1 aromatic carbocycles. The molecular weight excluding hydrogens is 321 g/mol. The molecule has 0 unspecified atom stereocenters. The van der Waals surface area contributed by atoms with Crippen LogP contribution < -0.4 is 11.1 Å². The lowest BCUT2D eigenvalue weighted by Crippen LogP contribution is -2.31. The summed E-state index contributed by atoms with van der Waals surface area (Å²) in [7, 11) is 0. The fourth-order valence-corrected chi connectivity index (χ4v) is 2.79. The van der Waals surface area contributed by atoms with Crippen LogP contribution in [-0.2, 0) is 6.42 Å². The van der Waals surface area contributed by atoms with Crippen LogP contribution in [0.25, 0.3) is 22.6 Å². The van der Waals surface area contributed by atoms with Gasteiger partial charge in [-0.2, -0.15) is 0 Å². The summed E-state index contributed by atoms with van der Waals surface area (Å²) in [4.78, 5) is 24.9. The molecule has 0 radical (unpaired) electrons. The van der Waals surface area contributed by atoms with Gasteiger partial charge in [0.25, 0.3) is 5.91 Å². The van der Waals surface area contributed by atoms with Crippen LogP contribution in [0.5, 0.6) is 0 Å². The van der Waals surface area contributed by atoms with Gasteiger partial charge < -0.3 is 11.1 Å². The van der Waals surface area contributed by atoms with Gasteiger partial charge in [-0.05, 0) is 42.3 Å². The molecule has 1 aliphatic rings. The van der Waals surface area contributed by atoms with Crippen LogP contribution in [0.15, 0.2) is 42.7 Å². The monoisotopic (exact) mass is 335 g/mol. The standard InChI is InChI=1S/C18H14FN5O/c19-12-3-1-10(2-4-12)15-9-23-17(20)16(24-15)14-7-11-5-6-21-18(25)13(11)8-22-14/h1-4,7-9H,5-6H2,(H2,20,23)(H,21,25). The van der Waals surface area contributed by atoms with Gasteiger partial charge >= 0.3 is 0 Å². The van der Waals surface area contributed by atoms with Crippen LogP contribution >= 0.6 is 0 Å². The topological polar surface area (TPSA) is 93.8 Å². The summed E-state index contributed by atoms with van der Waals surface area (Å²) in [6.45, 7) is 0.589. The van der Waals surface area contributed by atoms with Crippen molar-refractivity contribution in [1.29, 1.82) is 0 Å². The number of nitrogen functional groups attached to an aromatic ring is 1. The van der Waals surface area contributed by atoms with Gasteiger partial charge in [-0.3, -0.25) is 9.78 Å². The van der Waals surface area contributed by atoms with Crippen LogP contribution in [0.3, 0.4) is 0 Å². The molecule has 3 N–H and O–H groups in total. The highest BCUT2D eigenvalue weighted by atomic mass is 19.1. The van der Waals surface area contributed by atoms with Gasteiger partial charge in [0.2, 0.25) is 0 Å². The Hall–Kier alpha value is -3.35. The number of nitrogens with zero attached hydrogens (tertiary/aromatic N) is 3. The maximum Gasteiger partial charge on any atom is 0.253 e. The molecule has 0 atom stereocenters. The third-order valence-electron chi connectivity index (χ3n) is 4.10. The smallest absolute Gasteiger partial charge is 0.253 e. The molecule has 25 heavy (non-hydrogen) atoms. The number of nitrogens with one attached hydrogen (secondary N) is 1. The predicted octanol–water partition coefficient (Wildman–Crippen LogP) is 2.21. The van der Waals surface area contributed by atoms with E-state index in [1.807, 2.05) is 6.07 Å². The average molecular weight is 335 g/mol. The summed E-state index contributed by atoms with van der Waals surface area (Å²) < 4.78 is 13.1. The largest absolute Gasteiger partial charge is 0.382 e. The van der Waals surface area contributed by atoms with Crippen LogP contribution in [0, 0.1) is 5.82 Å². The van der Waals surface area contributed by atoms with E-state index >= 15 is 0 Å². The number of fused-ring (bicyclic) bond motifs is 1. The number of rotatable bonds is 2. The Morgan fingerprint density at radius 1 is 1.08 bits per heavy atom. The molecule has 4 rings (SSSR count). The molecule has 0 aliphatic carbocycles. The van der Waals surface area contributed by atoms with Crippen molar-refractivity contribution in [2.45, 2.75) is 6.42 Å². The van der Waals surface area contributed by atoms with E-state index in [1.165, 1.54) is 24.5 Å². The maximum absolute atomic E-state index is 13.1. The molecular formula is C18H14FN5O. The minimum atomic E-state index is -0.318. The SMILES string of the molecule is Nc1ncc(-c2ccc(F)cc2)nc1-c1cc2c(cn1)C(=O)NCC2. The lowest BCUT2D eigenvalue weighted by Gasteiger charge is -2.16. The van der Waals surface area contributed by atoms with Crippen molar-refractivity contribution in [1.82, 2.24) is 20.3 Å². The Kier molecular flexibility index (Phi) is 3.61. The summed E-state index contributed by atoms with van der Waals surface area (Å²) >= 11 is 0. The molecule has 0 bridgehead atoms. The second-order valence-electron chi connectivity index (χ2n) is 5.73. The van der Waals surface area contributed by atoms with Gasteiger partial charge in [0.05, 0.1) is 23.1 Å². The zero-order valence-corrected chi connectivity index (χ0v) is 13.2. The number of hydrogen-bond acceptors (Lipinski definition) is 5. The van der Waals surface area contributed by atoms with Crippen molar-refractivity contribution >= 4 is 11.7 Å². The second kappa shape index (κ2) is 5.94. The number of halogens is 1. The Labute approximate surface area is 143 Å². The van der Waals surface area contributed by atoms with E-state index in [0.29, 0.717) is 29.2 Å². The van der Waals surface area contributed by atoms with E-state index in [-0.39, 0.29) is 17.5 Å². The molecule has 0 spiro atoms. The molecule has 3 heterocycles. The summed E-state index contributed by atoms with van der Waals surface area (Å²) in [6.07, 6.45) is 3.80. The van der Waals surface area contributed by atoms with Crippen LogP contribution in [-0.4, -0.2) is 27.4 Å². The fourth-order valence-electron chi connectivity index (χ4n) is 2.79. The van der Waals surface area contributed by atoms with E-state index in [2.05, 4.69) is 20.3 Å². The van der Waals surface area contributed by atoms with Crippen LogP contribution in [0.4, 0.5) is 10.2 Å². The van der Waals surface area contributed by atoms with Gasteiger partial charge in [0, 0.05) is 18.3 Å². The highest BCUT2D eigenvalue weighted by molar-refractivity contribution is 5.96. The van der Waals surface area contributed by atoms with E-state index < -0.39 is 0 Å². The van der Waals surface area contributed by atoms with E-state index in [4.69, 9.17) is 5.73 Å². The summed E-state index contributed by atoms with van der Waals surface area (Å²) in [5.74, 6) is -0.194. The summed E-state index contributed by atoms with van der Waals surface area (Å²) in [5.41, 5.74) is 9.74. The molecule has 2 aromatic heterocycles. The van der Waals surface area contributed by atoms with Gasteiger partial charge in [-0.1, -0.05) is 0 Å². The van der Waals surface area contributed by atoms with E-state index in [9.17, 15) is 9.18 Å². The number of amides is 1. The highest BCUT2D eigenvalue weighted by Gasteiger charge is 2.19.